The molecule has 0 aromatic heterocycles. The van der Waals surface area contributed by atoms with Gasteiger partial charge in [0, 0.05) is 0 Å². The quantitative estimate of drug-likeness (QED) is 0.105. The van der Waals surface area contributed by atoms with E-state index in [0.717, 1.165) is 0 Å². The van der Waals surface area contributed by atoms with Gasteiger partial charge in [0.1, 0.15) is 0 Å². The van der Waals surface area contributed by atoms with Crippen LogP contribution in [0.5, 0.6) is 0 Å². The summed E-state index contributed by atoms with van der Waals surface area (Å²) in [4.78, 5) is 0. The number of hydrogen-bond donors (Lipinski definition) is 0. The Morgan fingerprint density at radius 3 is 1.08 bits per heavy atom. The Hall–Kier alpha value is -3.26. The van der Waals surface area contributed by atoms with Gasteiger partial charge in [-0.3, -0.25) is 0 Å². The van der Waals surface area contributed by atoms with Gasteiger partial charge in [-0.15, -0.1) is 93.9 Å². The van der Waals surface area contributed by atoms with Crippen LogP contribution in [0.15, 0.2) is 146 Å². The predicted molar refractivity (Wildman–Crippen MR) is 296 cm³/mol. The minimum atomic E-state index is 0. The van der Waals surface area contributed by atoms with Crippen molar-refractivity contribution in [1.82, 2.24) is 0 Å². The molecule has 10 rings (SSSR count). The molecule has 0 unspecified atom stereocenters. The molecule has 0 saturated heterocycles. The topological polar surface area (TPSA) is 0 Å². The van der Waals surface area contributed by atoms with Gasteiger partial charge in [0.2, 0.25) is 0 Å². The molecule has 2 radical (unpaired) electrons. The molecular weight excluding hydrogens is 935 g/mol. The molecule has 348 valence electrons. The average Bonchev–Trinajstić information content (AvgIpc) is 3.92. The first-order chi connectivity index (χ1) is 30.6. The van der Waals surface area contributed by atoms with Gasteiger partial charge in [-0.05, 0) is 82.0 Å². The summed E-state index contributed by atoms with van der Waals surface area (Å²) in [6, 6.07) is 54.5. The van der Waals surface area contributed by atoms with Gasteiger partial charge in [0.05, 0.1) is 0 Å². The van der Waals surface area contributed by atoms with Gasteiger partial charge in [0.25, 0.3) is 0 Å². The number of benzene rings is 6. The number of halogens is 2. The van der Waals surface area contributed by atoms with E-state index in [9.17, 15) is 0 Å². The fraction of sp³-hybridized carbons (Fsp3) is 0.355. The van der Waals surface area contributed by atoms with Crippen LogP contribution in [0.4, 0.5) is 0 Å². The van der Waals surface area contributed by atoms with E-state index in [1.54, 1.807) is 11.1 Å². The SMILES string of the molecule is CCC1(Cc2cc3c(-c4cccc5ccccc45)cccc3[cH-]2)CCCCCCC1.CCC1(Cc2cc3c(-c4cccc5ccccc45)cccc3[cH-]2)CCCCCCC1.Cl.Cl.[CH3-].[CH3-].[Si]=[Zr]. The van der Waals surface area contributed by atoms with E-state index in [2.05, 4.69) is 166 Å². The molecule has 0 bridgehead atoms. The van der Waals surface area contributed by atoms with Crippen LogP contribution in [-0.4, -0.2) is 6.88 Å². The Labute approximate surface area is 428 Å². The van der Waals surface area contributed by atoms with Gasteiger partial charge < -0.3 is 14.9 Å². The second-order valence-corrected chi connectivity index (χ2v) is 19.0. The van der Waals surface area contributed by atoms with Crippen LogP contribution in [0, 0.1) is 25.7 Å². The van der Waals surface area contributed by atoms with Crippen molar-refractivity contribution in [2.75, 3.05) is 0 Å². The third-order valence-electron chi connectivity index (χ3n) is 15.3. The molecule has 0 amide bonds. The van der Waals surface area contributed by atoms with Crippen LogP contribution in [0.1, 0.15) is 128 Å². The van der Waals surface area contributed by atoms with Crippen molar-refractivity contribution in [3.63, 3.8) is 0 Å². The first kappa shape index (κ1) is 55.3. The van der Waals surface area contributed by atoms with Gasteiger partial charge in [-0.1, -0.05) is 199 Å². The van der Waals surface area contributed by atoms with Crippen LogP contribution < -0.4 is 0 Å². The molecule has 0 nitrogen and oxygen atoms in total. The van der Waals surface area contributed by atoms with Crippen LogP contribution >= 0.6 is 24.8 Å². The zero-order valence-electron chi connectivity index (χ0n) is 40.4. The second-order valence-electron chi connectivity index (χ2n) is 19.0. The molecular formula is C62H74Cl2SiZr-4. The van der Waals surface area contributed by atoms with E-state index in [1.165, 1.54) is 204 Å². The molecule has 0 aliphatic heterocycles. The Bertz CT molecular complexity index is 2490. The third kappa shape index (κ3) is 12.7. The van der Waals surface area contributed by atoms with Crippen molar-refractivity contribution in [1.29, 1.82) is 0 Å². The summed E-state index contributed by atoms with van der Waals surface area (Å²) in [7, 11) is 0. The molecule has 66 heavy (non-hydrogen) atoms. The van der Waals surface area contributed by atoms with E-state index in [1.807, 2.05) is 0 Å². The van der Waals surface area contributed by atoms with Crippen molar-refractivity contribution in [3.8, 4) is 22.3 Å². The molecule has 0 N–H and O–H groups in total. The monoisotopic (exact) mass is 1010 g/mol. The third-order valence-corrected chi connectivity index (χ3v) is 15.3. The van der Waals surface area contributed by atoms with Crippen LogP contribution in [0.25, 0.3) is 65.3 Å². The van der Waals surface area contributed by atoms with Crippen molar-refractivity contribution >= 4 is 74.8 Å². The zero-order chi connectivity index (χ0) is 42.8. The molecule has 0 atom stereocenters. The number of hydrogen-bond acceptors (Lipinski definition) is 0. The van der Waals surface area contributed by atoms with E-state index in [4.69, 9.17) is 0 Å². The maximum atomic E-state index is 3.06. The first-order valence-electron chi connectivity index (χ1n) is 24.1. The Morgan fingerprint density at radius 1 is 0.409 bits per heavy atom. The van der Waals surface area contributed by atoms with E-state index < -0.39 is 0 Å². The van der Waals surface area contributed by atoms with Gasteiger partial charge in [0.15, 0.2) is 0 Å². The molecule has 8 aromatic rings. The van der Waals surface area contributed by atoms with E-state index in [0.29, 0.717) is 10.8 Å². The Morgan fingerprint density at radius 2 is 0.712 bits per heavy atom. The molecule has 2 saturated carbocycles. The van der Waals surface area contributed by atoms with Crippen LogP contribution in [0.3, 0.4) is 0 Å². The number of fused-ring (bicyclic) bond motifs is 4. The van der Waals surface area contributed by atoms with Crippen LogP contribution in [-0.2, 0) is 36.2 Å². The molecule has 0 heterocycles. The van der Waals surface area contributed by atoms with Crippen molar-refractivity contribution in [2.45, 2.75) is 129 Å². The average molecular weight is 1010 g/mol. The standard InChI is InChI=1S/2C30H33.2CH3.2ClH.Si.Zr/c2*1-2-30(18-8-4-3-5-9-19-30)22-23-20-25-14-11-17-28(29(25)21-23)27-16-10-13-24-12-6-7-15-26(24)27;;;;;;/h2*6-7,10-17,20-21H,2-5,8-9,18-19,22H2,1H3;2*1H3;2*1H;;/q4*-1;;;;. The van der Waals surface area contributed by atoms with Crippen molar-refractivity contribution in [3.05, 3.63) is 172 Å². The van der Waals surface area contributed by atoms with Gasteiger partial charge in [-0.2, -0.15) is 12.1 Å². The second kappa shape index (κ2) is 26.5. The van der Waals surface area contributed by atoms with Gasteiger partial charge in [-0.25, -0.2) is 0 Å². The molecule has 8 aromatic carbocycles. The molecule has 2 aliphatic rings. The van der Waals surface area contributed by atoms with Gasteiger partial charge >= 0.3 is 30.2 Å². The maximum absolute atomic E-state index is 3.06. The van der Waals surface area contributed by atoms with Crippen LogP contribution in [0.2, 0.25) is 0 Å². The Kier molecular flexibility index (Phi) is 22.2. The zero-order valence-corrected chi connectivity index (χ0v) is 45.5. The van der Waals surface area contributed by atoms with Crippen molar-refractivity contribution < 1.29 is 23.3 Å². The molecule has 0 spiro atoms. The summed E-state index contributed by atoms with van der Waals surface area (Å²) in [5.41, 5.74) is 9.55. The van der Waals surface area contributed by atoms with E-state index >= 15 is 0 Å². The summed E-state index contributed by atoms with van der Waals surface area (Å²) in [6.07, 6.45) is 25.0. The normalized spacial score (nSPS) is 15.6. The summed E-state index contributed by atoms with van der Waals surface area (Å²) >= 11 is 1.36. The predicted octanol–water partition coefficient (Wildman–Crippen LogP) is 19.5. The first-order valence-corrected chi connectivity index (χ1v) is 28.3. The summed E-state index contributed by atoms with van der Waals surface area (Å²) < 4.78 is 0. The van der Waals surface area contributed by atoms with E-state index in [-0.39, 0.29) is 39.7 Å². The molecule has 4 heteroatoms. The summed E-state index contributed by atoms with van der Waals surface area (Å²) in [5.74, 6) is 0. The fourth-order valence-corrected chi connectivity index (χ4v) is 11.7. The minimum absolute atomic E-state index is 0. The molecule has 2 aliphatic carbocycles. The number of rotatable bonds is 8. The summed E-state index contributed by atoms with van der Waals surface area (Å²) in [6.45, 7) is 7.91. The van der Waals surface area contributed by atoms with Crippen molar-refractivity contribution in [2.24, 2.45) is 10.8 Å². The Balaban J connectivity index is 0.000000263. The fourth-order valence-electron chi connectivity index (χ4n) is 11.7. The molecule has 2 fully saturated rings. The summed E-state index contributed by atoms with van der Waals surface area (Å²) in [5, 5.41) is 11.0.